The maximum Gasteiger partial charge on any atom is 0.312 e. The van der Waals surface area contributed by atoms with Gasteiger partial charge in [0.2, 0.25) is 0 Å². The molecule has 16 heteroatoms. The summed E-state index contributed by atoms with van der Waals surface area (Å²) in [6.45, 7) is 12.4. The fourth-order valence-corrected chi connectivity index (χ4v) is 7.73. The van der Waals surface area contributed by atoms with Crippen LogP contribution in [-0.4, -0.2) is 99.9 Å². The fourth-order valence-electron chi connectivity index (χ4n) is 7.73. The van der Waals surface area contributed by atoms with Crippen molar-refractivity contribution in [3.8, 4) is 28.7 Å². The number of hydrogen-bond acceptors (Lipinski definition) is 15. The average Bonchev–Trinajstić information content (AvgIpc) is 3.51. The molecule has 16 nitrogen and oxygen atoms in total. The minimum Gasteiger partial charge on any atom is -0.507 e. The van der Waals surface area contributed by atoms with Gasteiger partial charge in [0.05, 0.1) is 53.0 Å². The first-order valence-corrected chi connectivity index (χ1v) is 20.3. The Morgan fingerprint density at radius 3 is 2.27 bits per heavy atom. The van der Waals surface area contributed by atoms with E-state index >= 15 is 0 Å². The van der Waals surface area contributed by atoms with Crippen LogP contribution in [0.25, 0.3) is 10.8 Å². The summed E-state index contributed by atoms with van der Waals surface area (Å²) in [5, 5.41) is 64.1. The number of phenolic OH excluding ortho intramolecular Hbond substituents is 3. The lowest BCUT2D eigenvalue weighted by atomic mass is 9.78. The number of ketones is 1. The summed E-state index contributed by atoms with van der Waals surface area (Å²) in [6.07, 6.45) is 4.39. The van der Waals surface area contributed by atoms with Crippen molar-refractivity contribution in [3.63, 3.8) is 0 Å². The van der Waals surface area contributed by atoms with Gasteiger partial charge in [0.15, 0.2) is 12.4 Å². The number of Topliss-reactive ketones (excluding diaryl/α,β-unsaturated/α-hetero) is 1. The van der Waals surface area contributed by atoms with Crippen LogP contribution in [0.15, 0.2) is 71.6 Å². The molecule has 0 saturated carbocycles. The Bertz CT molecular complexity index is 2270. The topological polar surface area (TPSA) is 232 Å². The van der Waals surface area contributed by atoms with Crippen LogP contribution in [0.5, 0.6) is 28.7 Å². The standard InChI is InChI=1S/C46H56N2O14/c1-23-14-13-15-24(2)45(56)48-36-31(22-47-60-21-20-58-30-16-11-10-12-17-30)40(53)33-34(41(36)54)39(52)28(6)43-35(33)44(55)46(8,62-43)59-19-18-32(57-9)25(3)42(61-29(7)49)27(5)38(51)26(4)37(23)50/h10-19,22-23,25-27,32,37-38,42,50-54H,20-21H2,1-9H3,(H,48,56)/b14-13+,19-18+,24-15+,47-22-. The number of oxime groups is 1. The third kappa shape index (κ3) is 9.67. The van der Waals surface area contributed by atoms with Crippen molar-refractivity contribution in [2.45, 2.75) is 85.6 Å². The van der Waals surface area contributed by atoms with Crippen LogP contribution < -0.4 is 14.8 Å². The van der Waals surface area contributed by atoms with E-state index in [9.17, 15) is 39.9 Å². The van der Waals surface area contributed by atoms with E-state index in [1.165, 1.54) is 53.2 Å². The molecule has 0 spiro atoms. The number of carbonyl (C=O) groups is 3. The number of aliphatic hydroxyl groups excluding tert-OH is 2. The number of hydrogen-bond donors (Lipinski definition) is 6. The molecule has 0 fully saturated rings. The second-order valence-electron chi connectivity index (χ2n) is 15.8. The van der Waals surface area contributed by atoms with Gasteiger partial charge in [0.1, 0.15) is 35.7 Å². The summed E-state index contributed by atoms with van der Waals surface area (Å²) in [5.41, 5.74) is -0.742. The number of rotatable bonds is 8. The highest BCUT2D eigenvalue weighted by molar-refractivity contribution is 6.23. The molecule has 9 atom stereocenters. The lowest BCUT2D eigenvalue weighted by Crippen LogP contribution is -2.46. The largest absolute Gasteiger partial charge is 0.507 e. The summed E-state index contributed by atoms with van der Waals surface area (Å²) in [5.74, 6) is -8.24. The predicted octanol–water partition coefficient (Wildman–Crippen LogP) is 6.18. The number of benzene rings is 3. The molecule has 0 radical (unpaired) electrons. The molecule has 0 aromatic heterocycles. The molecule has 5 bridgehead atoms. The van der Waals surface area contributed by atoms with Gasteiger partial charge in [0, 0.05) is 61.2 Å². The van der Waals surface area contributed by atoms with E-state index in [1.54, 1.807) is 52.0 Å². The lowest BCUT2D eigenvalue weighted by molar-refractivity contribution is -0.160. The van der Waals surface area contributed by atoms with Crippen LogP contribution in [0, 0.1) is 30.6 Å². The highest BCUT2D eigenvalue weighted by Gasteiger charge is 2.50. The van der Waals surface area contributed by atoms with Gasteiger partial charge in [-0.25, -0.2) is 0 Å². The number of aromatic hydroxyl groups is 3. The minimum absolute atomic E-state index is 0.0183. The van der Waals surface area contributed by atoms with Crippen LogP contribution in [-0.2, 0) is 28.6 Å². The van der Waals surface area contributed by atoms with Crippen LogP contribution in [0.2, 0.25) is 0 Å². The highest BCUT2D eigenvalue weighted by Crippen LogP contribution is 2.55. The Labute approximate surface area is 360 Å². The molecular weight excluding hydrogens is 805 g/mol. The first-order chi connectivity index (χ1) is 29.3. The number of carbonyl (C=O) groups excluding carboxylic acids is 3. The second kappa shape index (κ2) is 19.7. The zero-order valence-electron chi connectivity index (χ0n) is 36.2. The van der Waals surface area contributed by atoms with Crippen LogP contribution in [0.4, 0.5) is 5.69 Å². The number of allylic oxidation sites excluding steroid dienone is 2. The Hall–Kier alpha value is -6.10. The number of ether oxygens (including phenoxy) is 5. The van der Waals surface area contributed by atoms with E-state index in [0.717, 1.165) is 6.21 Å². The van der Waals surface area contributed by atoms with Crippen molar-refractivity contribution in [3.05, 3.63) is 83.2 Å². The van der Waals surface area contributed by atoms with Gasteiger partial charge in [-0.2, -0.15) is 0 Å². The number of aliphatic hydroxyl groups is 2. The molecular formula is C46H56N2O14. The molecule has 9 unspecified atom stereocenters. The van der Waals surface area contributed by atoms with Gasteiger partial charge < -0.3 is 59.4 Å². The molecule has 0 saturated heterocycles. The molecule has 1 amide bonds. The number of nitrogens with one attached hydrogen (secondary N) is 1. The summed E-state index contributed by atoms with van der Waals surface area (Å²) in [7, 11) is 1.42. The number of para-hydroxylation sites is 1. The number of amides is 1. The Kier molecular flexibility index (Phi) is 14.9. The zero-order valence-corrected chi connectivity index (χ0v) is 36.2. The normalized spacial score (nSPS) is 29.0. The predicted molar refractivity (Wildman–Crippen MR) is 229 cm³/mol. The molecule has 3 aliphatic rings. The average molecular weight is 861 g/mol. The van der Waals surface area contributed by atoms with Crippen molar-refractivity contribution in [2.24, 2.45) is 28.8 Å². The number of methoxy groups -OCH3 is 1. The van der Waals surface area contributed by atoms with E-state index < -0.39 is 88.8 Å². The van der Waals surface area contributed by atoms with E-state index in [1.807, 2.05) is 18.2 Å². The summed E-state index contributed by atoms with van der Waals surface area (Å²) in [6, 6.07) is 8.99. The molecule has 334 valence electrons. The molecule has 3 heterocycles. The Morgan fingerprint density at radius 1 is 0.919 bits per heavy atom. The molecule has 3 aliphatic heterocycles. The van der Waals surface area contributed by atoms with Crippen LogP contribution in [0.1, 0.15) is 70.0 Å². The second-order valence-corrected chi connectivity index (χ2v) is 15.8. The quantitative estimate of drug-likeness (QED) is 0.0371. The molecule has 6 rings (SSSR count). The summed E-state index contributed by atoms with van der Waals surface area (Å²) < 4.78 is 29.2. The van der Waals surface area contributed by atoms with Crippen molar-refractivity contribution >= 4 is 40.3 Å². The van der Waals surface area contributed by atoms with Gasteiger partial charge in [-0.1, -0.05) is 69.3 Å². The van der Waals surface area contributed by atoms with Gasteiger partial charge in [-0.3, -0.25) is 14.4 Å². The zero-order chi connectivity index (χ0) is 45.6. The fraction of sp³-hybridized carbons (Fsp3) is 0.435. The van der Waals surface area contributed by atoms with Crippen molar-refractivity contribution in [2.75, 3.05) is 25.6 Å². The summed E-state index contributed by atoms with van der Waals surface area (Å²) in [4.78, 5) is 45.9. The number of phenols is 3. The molecule has 0 aliphatic carbocycles. The minimum atomic E-state index is -2.08. The van der Waals surface area contributed by atoms with Crippen molar-refractivity contribution < 1.29 is 68.4 Å². The van der Waals surface area contributed by atoms with Gasteiger partial charge in [-0.15, -0.1) is 0 Å². The number of fused-ring (bicyclic) bond motifs is 14. The van der Waals surface area contributed by atoms with Gasteiger partial charge >= 0.3 is 11.8 Å². The Balaban J connectivity index is 1.64. The van der Waals surface area contributed by atoms with Crippen molar-refractivity contribution in [1.82, 2.24) is 0 Å². The number of esters is 1. The molecule has 6 N–H and O–H groups in total. The maximum atomic E-state index is 14.4. The van der Waals surface area contributed by atoms with Gasteiger partial charge in [-0.05, 0) is 32.1 Å². The highest BCUT2D eigenvalue weighted by atomic mass is 16.7. The van der Waals surface area contributed by atoms with Crippen LogP contribution >= 0.6 is 0 Å². The summed E-state index contributed by atoms with van der Waals surface area (Å²) >= 11 is 0. The molecule has 3 aromatic rings. The third-order valence-corrected chi connectivity index (χ3v) is 11.5. The molecule has 62 heavy (non-hydrogen) atoms. The number of nitrogens with zero attached hydrogens (tertiary/aromatic N) is 1. The van der Waals surface area contributed by atoms with E-state index in [2.05, 4.69) is 10.5 Å². The Morgan fingerprint density at radius 2 is 1.61 bits per heavy atom. The molecule has 3 aromatic carbocycles. The van der Waals surface area contributed by atoms with E-state index in [-0.39, 0.29) is 57.7 Å². The van der Waals surface area contributed by atoms with Crippen LogP contribution in [0.3, 0.4) is 0 Å². The third-order valence-electron chi connectivity index (χ3n) is 11.5. The van der Waals surface area contributed by atoms with E-state index in [0.29, 0.717) is 5.75 Å². The van der Waals surface area contributed by atoms with Crippen molar-refractivity contribution in [1.29, 1.82) is 0 Å². The smallest absolute Gasteiger partial charge is 0.312 e. The lowest BCUT2D eigenvalue weighted by Gasteiger charge is -2.38. The SMILES string of the molecule is COC1/C=C/OC2(C)Oc3c(C)c(O)c4c(O)c(c(/C=N\OCCOc5ccccc5)c(O)c4c3C2=O)NC(=O)/C(C)=C/C=C/C(C)C(O)C(C)C(O)C(C)C(OC(C)=O)C1C. The first-order valence-electron chi connectivity index (χ1n) is 20.3. The number of anilines is 1. The monoisotopic (exact) mass is 860 g/mol. The maximum absolute atomic E-state index is 14.4. The van der Waals surface area contributed by atoms with Gasteiger partial charge in [0.25, 0.3) is 11.7 Å². The first kappa shape index (κ1) is 47.0. The van der Waals surface area contributed by atoms with E-state index in [4.69, 9.17) is 28.5 Å².